The van der Waals surface area contributed by atoms with E-state index in [1.807, 2.05) is 0 Å². The highest BCUT2D eigenvalue weighted by atomic mass is 32.2. The zero-order valence-corrected chi connectivity index (χ0v) is 18.3. The maximum Gasteiger partial charge on any atom is 0.255 e. The van der Waals surface area contributed by atoms with Crippen molar-refractivity contribution < 1.29 is 27.4 Å². The molecule has 0 spiro atoms. The van der Waals surface area contributed by atoms with Crippen molar-refractivity contribution in [1.82, 2.24) is 9.73 Å². The molecule has 0 aromatic heterocycles. The van der Waals surface area contributed by atoms with Gasteiger partial charge in [0.25, 0.3) is 5.91 Å². The number of rotatable bonds is 9. The average Bonchev–Trinajstić information content (AvgIpc) is 2.73. The monoisotopic (exact) mass is 435 g/mol. The van der Waals surface area contributed by atoms with E-state index in [1.54, 1.807) is 37.3 Å². The Bertz CT molecular complexity index is 1040. The van der Waals surface area contributed by atoms with Crippen LogP contribution in [0.25, 0.3) is 0 Å². The first-order valence-corrected chi connectivity index (χ1v) is 10.3. The summed E-state index contributed by atoms with van der Waals surface area (Å²) in [5.74, 6) is 0.701. The van der Waals surface area contributed by atoms with Crippen LogP contribution in [-0.4, -0.2) is 59.8 Å². The number of nitrogens with zero attached hydrogens (tertiary/aromatic N) is 2. The van der Waals surface area contributed by atoms with Crippen LogP contribution in [0.3, 0.4) is 0 Å². The molecule has 162 valence electrons. The number of amides is 1. The van der Waals surface area contributed by atoms with Gasteiger partial charge in [-0.05, 0) is 48.4 Å². The fraction of sp³-hybridized carbons (Fsp3) is 0.300. The van der Waals surface area contributed by atoms with Crippen molar-refractivity contribution in [2.24, 2.45) is 5.10 Å². The van der Waals surface area contributed by atoms with Crippen molar-refractivity contribution >= 4 is 22.1 Å². The lowest BCUT2D eigenvalue weighted by Gasteiger charge is -2.18. The second kappa shape index (κ2) is 10.1. The second-order valence-corrected chi connectivity index (χ2v) is 8.34. The first-order valence-electron chi connectivity index (χ1n) is 8.87. The van der Waals surface area contributed by atoms with Crippen LogP contribution in [0, 0.1) is 6.92 Å². The van der Waals surface area contributed by atoms with Gasteiger partial charge in [0.05, 0.1) is 34.1 Å². The predicted octanol–water partition coefficient (Wildman–Crippen LogP) is 1.79. The molecule has 0 saturated carbocycles. The molecule has 2 aromatic carbocycles. The van der Waals surface area contributed by atoms with Crippen molar-refractivity contribution in [3.05, 3.63) is 47.5 Å². The van der Waals surface area contributed by atoms with Crippen LogP contribution < -0.4 is 19.6 Å². The summed E-state index contributed by atoms with van der Waals surface area (Å²) in [6, 6.07) is 9.94. The summed E-state index contributed by atoms with van der Waals surface area (Å²) in [5.41, 5.74) is 3.73. The Morgan fingerprint density at radius 1 is 1.03 bits per heavy atom. The van der Waals surface area contributed by atoms with Crippen molar-refractivity contribution in [3.8, 4) is 17.2 Å². The van der Waals surface area contributed by atoms with E-state index < -0.39 is 22.5 Å². The Kier molecular flexibility index (Phi) is 7.79. The molecule has 1 N–H and O–H groups in total. The molecule has 10 heteroatoms. The number of ether oxygens (including phenoxy) is 3. The lowest BCUT2D eigenvalue weighted by Crippen LogP contribution is -2.36. The Morgan fingerprint density at radius 3 is 2.30 bits per heavy atom. The molecule has 0 aliphatic rings. The number of hydrazone groups is 1. The van der Waals surface area contributed by atoms with E-state index in [4.69, 9.17) is 14.2 Å². The number of aryl methyl sites for hydroxylation is 1. The average molecular weight is 436 g/mol. The molecular weight excluding hydrogens is 410 g/mol. The van der Waals surface area contributed by atoms with Gasteiger partial charge in [0, 0.05) is 7.05 Å². The molecule has 2 rings (SSSR count). The summed E-state index contributed by atoms with van der Waals surface area (Å²) in [7, 11) is 1.82. The van der Waals surface area contributed by atoms with Gasteiger partial charge in [0.2, 0.25) is 10.0 Å². The van der Waals surface area contributed by atoms with Gasteiger partial charge in [0.1, 0.15) is 10.6 Å². The number of methoxy groups -OCH3 is 3. The van der Waals surface area contributed by atoms with Gasteiger partial charge in [-0.25, -0.2) is 13.8 Å². The fourth-order valence-electron chi connectivity index (χ4n) is 2.59. The third kappa shape index (κ3) is 5.49. The number of likely N-dealkylation sites (N-methyl/N-ethyl adjacent to an activating group) is 1. The summed E-state index contributed by atoms with van der Waals surface area (Å²) in [4.78, 5) is 12.2. The molecule has 1 amide bonds. The Morgan fingerprint density at radius 2 is 1.67 bits per heavy atom. The van der Waals surface area contributed by atoms with Gasteiger partial charge >= 0.3 is 0 Å². The highest BCUT2D eigenvalue weighted by Gasteiger charge is 2.26. The SMILES string of the molecule is COc1ccc(/C=N/NC(=O)CN(C)S(=O)(=O)c2cc(C)ccc2OC)cc1OC. The Hall–Kier alpha value is -3.11. The van der Waals surface area contributed by atoms with Crippen LogP contribution in [0.5, 0.6) is 17.2 Å². The van der Waals surface area contributed by atoms with Crippen molar-refractivity contribution in [1.29, 1.82) is 0 Å². The van der Waals surface area contributed by atoms with Crippen LogP contribution in [0.1, 0.15) is 11.1 Å². The third-order valence-electron chi connectivity index (χ3n) is 4.18. The van der Waals surface area contributed by atoms with Gasteiger partial charge in [0.15, 0.2) is 11.5 Å². The van der Waals surface area contributed by atoms with E-state index in [9.17, 15) is 13.2 Å². The van der Waals surface area contributed by atoms with Crippen molar-refractivity contribution in [2.75, 3.05) is 34.9 Å². The molecule has 0 aliphatic carbocycles. The van der Waals surface area contributed by atoms with E-state index in [0.29, 0.717) is 17.1 Å². The number of sulfonamides is 1. The van der Waals surface area contributed by atoms with Gasteiger partial charge in [-0.3, -0.25) is 4.79 Å². The topological polar surface area (TPSA) is 107 Å². The largest absolute Gasteiger partial charge is 0.495 e. The van der Waals surface area contributed by atoms with Crippen molar-refractivity contribution in [3.63, 3.8) is 0 Å². The number of carbonyl (C=O) groups excluding carboxylic acids is 1. The number of carbonyl (C=O) groups is 1. The number of nitrogens with one attached hydrogen (secondary N) is 1. The number of hydrogen-bond donors (Lipinski definition) is 1. The second-order valence-electron chi connectivity index (χ2n) is 6.32. The number of benzene rings is 2. The minimum absolute atomic E-state index is 0.00544. The standard InChI is InChI=1S/C20H25N3O6S/c1-14-6-8-17(28-4)19(10-14)30(25,26)23(2)13-20(24)22-21-12-15-7-9-16(27-3)18(11-15)29-5/h6-12H,13H2,1-5H3,(H,22,24)/b21-12+. The van der Waals surface area contributed by atoms with E-state index in [2.05, 4.69) is 10.5 Å². The molecule has 0 bridgehead atoms. The number of hydrogen-bond acceptors (Lipinski definition) is 7. The molecule has 0 heterocycles. The lowest BCUT2D eigenvalue weighted by atomic mass is 10.2. The van der Waals surface area contributed by atoms with Gasteiger partial charge in [-0.1, -0.05) is 6.07 Å². The minimum Gasteiger partial charge on any atom is -0.495 e. The normalized spacial score (nSPS) is 11.5. The van der Waals surface area contributed by atoms with Crippen LogP contribution in [0.4, 0.5) is 0 Å². The van der Waals surface area contributed by atoms with Crippen LogP contribution in [-0.2, 0) is 14.8 Å². The molecule has 0 atom stereocenters. The molecular formula is C20H25N3O6S. The van der Waals surface area contributed by atoms with E-state index in [1.165, 1.54) is 40.7 Å². The summed E-state index contributed by atoms with van der Waals surface area (Å²) in [6.45, 7) is 1.36. The first kappa shape index (κ1) is 23.2. The first-order chi connectivity index (χ1) is 14.2. The molecule has 2 aromatic rings. The third-order valence-corrected chi connectivity index (χ3v) is 6.01. The van der Waals surface area contributed by atoms with E-state index >= 15 is 0 Å². The Balaban J connectivity index is 2.06. The summed E-state index contributed by atoms with van der Waals surface area (Å²) in [6.07, 6.45) is 1.41. The predicted molar refractivity (Wildman–Crippen MR) is 113 cm³/mol. The molecule has 0 fully saturated rings. The van der Waals surface area contributed by atoms with Crippen LogP contribution >= 0.6 is 0 Å². The van der Waals surface area contributed by atoms with Gasteiger partial charge in [-0.2, -0.15) is 9.41 Å². The highest BCUT2D eigenvalue weighted by Crippen LogP contribution is 2.27. The lowest BCUT2D eigenvalue weighted by molar-refractivity contribution is -0.121. The maximum atomic E-state index is 12.8. The van der Waals surface area contributed by atoms with E-state index in [0.717, 1.165) is 9.87 Å². The highest BCUT2D eigenvalue weighted by molar-refractivity contribution is 7.89. The smallest absolute Gasteiger partial charge is 0.255 e. The maximum absolute atomic E-state index is 12.8. The van der Waals surface area contributed by atoms with Crippen LogP contribution in [0.2, 0.25) is 0 Å². The van der Waals surface area contributed by atoms with Crippen LogP contribution in [0.15, 0.2) is 46.4 Å². The van der Waals surface area contributed by atoms with Gasteiger partial charge in [-0.15, -0.1) is 0 Å². The molecule has 9 nitrogen and oxygen atoms in total. The van der Waals surface area contributed by atoms with E-state index in [-0.39, 0.29) is 10.6 Å². The zero-order valence-electron chi connectivity index (χ0n) is 17.5. The summed E-state index contributed by atoms with van der Waals surface area (Å²) < 4.78 is 42.1. The summed E-state index contributed by atoms with van der Waals surface area (Å²) >= 11 is 0. The molecule has 0 aliphatic heterocycles. The fourth-order valence-corrected chi connectivity index (χ4v) is 3.95. The van der Waals surface area contributed by atoms with Crippen molar-refractivity contribution in [2.45, 2.75) is 11.8 Å². The van der Waals surface area contributed by atoms with Gasteiger partial charge < -0.3 is 14.2 Å². The summed E-state index contributed by atoms with van der Waals surface area (Å²) in [5, 5.41) is 3.86. The molecule has 0 saturated heterocycles. The zero-order chi connectivity index (χ0) is 22.3. The minimum atomic E-state index is -3.93. The molecule has 0 unspecified atom stereocenters. The quantitative estimate of drug-likeness (QED) is 0.475. The molecule has 30 heavy (non-hydrogen) atoms. The Labute approximate surface area is 176 Å². The molecule has 0 radical (unpaired) electrons.